The summed E-state index contributed by atoms with van der Waals surface area (Å²) < 4.78 is 25.1. The summed E-state index contributed by atoms with van der Waals surface area (Å²) in [5.74, 6) is 0.652. The lowest BCUT2D eigenvalue weighted by Crippen LogP contribution is -2.41. The smallest absolute Gasteiger partial charge is 0.180 e. The third kappa shape index (κ3) is 6.68. The van der Waals surface area contributed by atoms with Gasteiger partial charge in [-0.3, -0.25) is 0 Å². The highest BCUT2D eigenvalue weighted by Gasteiger charge is 2.25. The number of halogens is 2. The molecule has 0 heterocycles. The van der Waals surface area contributed by atoms with Crippen molar-refractivity contribution in [3.63, 3.8) is 0 Å². The third-order valence-electron chi connectivity index (χ3n) is 4.36. The van der Waals surface area contributed by atoms with Crippen LogP contribution >= 0.6 is 11.6 Å². The maximum absolute atomic E-state index is 13.8. The van der Waals surface area contributed by atoms with Crippen molar-refractivity contribution in [2.45, 2.75) is 59.7 Å². The molecule has 0 aliphatic carbocycles. The van der Waals surface area contributed by atoms with E-state index in [4.69, 9.17) is 21.1 Å². The van der Waals surface area contributed by atoms with Gasteiger partial charge in [0, 0.05) is 17.6 Å². The number of hydrogen-bond acceptors (Lipinski definition) is 3. The monoisotopic (exact) mass is 407 g/mol. The minimum absolute atomic E-state index is 0.0159. The predicted octanol–water partition coefficient (Wildman–Crippen LogP) is 6.37. The first kappa shape index (κ1) is 22.5. The molecule has 0 saturated carbocycles. The van der Waals surface area contributed by atoms with Crippen molar-refractivity contribution in [1.29, 1.82) is 0 Å². The van der Waals surface area contributed by atoms with Crippen molar-refractivity contribution in [3.05, 3.63) is 58.4 Å². The molecule has 0 amide bonds. The van der Waals surface area contributed by atoms with E-state index in [1.807, 2.05) is 12.1 Å². The van der Waals surface area contributed by atoms with Gasteiger partial charge >= 0.3 is 0 Å². The van der Waals surface area contributed by atoms with E-state index in [9.17, 15) is 4.39 Å². The van der Waals surface area contributed by atoms with Crippen LogP contribution in [0.1, 0.15) is 52.2 Å². The normalized spacial score (nSPS) is 12.1. The second-order valence-electron chi connectivity index (χ2n) is 8.96. The molecule has 28 heavy (non-hydrogen) atoms. The first-order valence-electron chi connectivity index (χ1n) is 9.48. The standard InChI is InChI=1S/C23H31ClFNO2/c1-22(2,3)15-23(4,5)26-13-16-11-18(24)21(20(12-16)27-6)28-14-17-9-7-8-10-19(17)25/h7-12,26H,13-15H2,1-6H3. The third-order valence-corrected chi connectivity index (χ3v) is 4.64. The Hall–Kier alpha value is -1.78. The minimum atomic E-state index is -0.306. The molecule has 0 bridgehead atoms. The molecule has 0 aliphatic heterocycles. The van der Waals surface area contributed by atoms with Gasteiger partial charge in [-0.1, -0.05) is 50.6 Å². The zero-order chi connectivity index (χ0) is 20.9. The highest BCUT2D eigenvalue weighted by Crippen LogP contribution is 2.37. The van der Waals surface area contributed by atoms with Crippen LogP contribution in [0.25, 0.3) is 0 Å². The molecular weight excluding hydrogens is 377 g/mol. The Kier molecular flexibility index (Phi) is 7.35. The molecule has 0 radical (unpaired) electrons. The van der Waals surface area contributed by atoms with Crippen LogP contribution in [0.15, 0.2) is 36.4 Å². The summed E-state index contributed by atoms with van der Waals surface area (Å²) in [5, 5.41) is 4.04. The molecule has 0 aromatic heterocycles. The molecule has 0 saturated heterocycles. The molecule has 1 N–H and O–H groups in total. The molecule has 5 heteroatoms. The molecule has 0 unspecified atom stereocenters. The van der Waals surface area contributed by atoms with E-state index in [1.54, 1.807) is 25.3 Å². The van der Waals surface area contributed by atoms with Crippen LogP contribution < -0.4 is 14.8 Å². The molecule has 2 rings (SSSR count). The second-order valence-corrected chi connectivity index (χ2v) is 9.37. The number of nitrogens with one attached hydrogen (secondary N) is 1. The lowest BCUT2D eigenvalue weighted by Gasteiger charge is -2.33. The summed E-state index contributed by atoms with van der Waals surface area (Å²) in [6.45, 7) is 11.8. The zero-order valence-electron chi connectivity index (χ0n) is 17.7. The highest BCUT2D eigenvalue weighted by molar-refractivity contribution is 6.32. The summed E-state index contributed by atoms with van der Waals surface area (Å²) >= 11 is 6.45. The molecule has 0 aliphatic rings. The van der Waals surface area contributed by atoms with E-state index >= 15 is 0 Å². The van der Waals surface area contributed by atoms with Crippen molar-refractivity contribution in [3.8, 4) is 11.5 Å². The predicted molar refractivity (Wildman–Crippen MR) is 114 cm³/mol. The van der Waals surface area contributed by atoms with E-state index in [1.165, 1.54) is 6.07 Å². The fourth-order valence-corrected chi connectivity index (χ4v) is 3.80. The summed E-state index contributed by atoms with van der Waals surface area (Å²) in [6.07, 6.45) is 1.04. The number of benzene rings is 2. The fraction of sp³-hybridized carbons (Fsp3) is 0.478. The van der Waals surface area contributed by atoms with Gasteiger partial charge in [0.25, 0.3) is 0 Å². The van der Waals surface area contributed by atoms with E-state index < -0.39 is 0 Å². The van der Waals surface area contributed by atoms with Crippen LogP contribution in [0.5, 0.6) is 11.5 Å². The maximum atomic E-state index is 13.8. The van der Waals surface area contributed by atoms with Crippen molar-refractivity contribution in [2.75, 3.05) is 7.11 Å². The van der Waals surface area contributed by atoms with Gasteiger partial charge in [0.1, 0.15) is 12.4 Å². The summed E-state index contributed by atoms with van der Waals surface area (Å²) in [7, 11) is 1.57. The van der Waals surface area contributed by atoms with Gasteiger partial charge in [-0.05, 0) is 49.4 Å². The first-order chi connectivity index (χ1) is 13.0. The molecule has 0 fully saturated rings. The Bertz CT molecular complexity index is 800. The van der Waals surface area contributed by atoms with Crippen LogP contribution in [-0.4, -0.2) is 12.6 Å². The Morgan fingerprint density at radius 3 is 2.36 bits per heavy atom. The minimum Gasteiger partial charge on any atom is -0.493 e. The fourth-order valence-electron chi connectivity index (χ4n) is 3.51. The van der Waals surface area contributed by atoms with Gasteiger partial charge in [-0.2, -0.15) is 0 Å². The average molecular weight is 408 g/mol. The lowest BCUT2D eigenvalue weighted by atomic mass is 9.82. The molecule has 2 aromatic carbocycles. The van der Waals surface area contributed by atoms with E-state index in [0.717, 1.165) is 12.0 Å². The van der Waals surface area contributed by atoms with Gasteiger partial charge in [-0.15, -0.1) is 0 Å². The summed E-state index contributed by atoms with van der Waals surface area (Å²) in [6, 6.07) is 10.3. The Labute approximate surface area is 173 Å². The molecule has 0 atom stereocenters. The number of ether oxygens (including phenoxy) is 2. The van der Waals surface area contributed by atoms with Gasteiger partial charge < -0.3 is 14.8 Å². The van der Waals surface area contributed by atoms with Crippen molar-refractivity contribution in [1.82, 2.24) is 5.32 Å². The van der Waals surface area contributed by atoms with Crippen LogP contribution in [0.3, 0.4) is 0 Å². The number of rotatable bonds is 8. The summed E-state index contributed by atoms with van der Waals surface area (Å²) in [4.78, 5) is 0. The van der Waals surface area contributed by atoms with Gasteiger partial charge in [0.15, 0.2) is 11.5 Å². The SMILES string of the molecule is COc1cc(CNC(C)(C)CC(C)(C)C)cc(Cl)c1OCc1ccccc1F. The molecular formula is C23H31ClFNO2. The molecule has 154 valence electrons. The second kappa shape index (κ2) is 9.15. The van der Waals surface area contributed by atoms with Crippen molar-refractivity contribution in [2.24, 2.45) is 5.41 Å². The summed E-state index contributed by atoms with van der Waals surface area (Å²) in [5.41, 5.74) is 1.69. The number of methoxy groups -OCH3 is 1. The van der Waals surface area contributed by atoms with Crippen molar-refractivity contribution >= 4 is 11.6 Å². The highest BCUT2D eigenvalue weighted by atomic mass is 35.5. The van der Waals surface area contributed by atoms with Crippen molar-refractivity contribution < 1.29 is 13.9 Å². The van der Waals surface area contributed by atoms with E-state index in [-0.39, 0.29) is 23.4 Å². The molecule has 0 spiro atoms. The first-order valence-corrected chi connectivity index (χ1v) is 9.86. The van der Waals surface area contributed by atoms with Crippen LogP contribution in [0, 0.1) is 11.2 Å². The Morgan fingerprint density at radius 2 is 1.75 bits per heavy atom. The van der Waals surface area contributed by atoms with E-state index in [0.29, 0.717) is 28.6 Å². The van der Waals surface area contributed by atoms with Gasteiger partial charge in [0.05, 0.1) is 12.1 Å². The Morgan fingerprint density at radius 1 is 1.07 bits per heavy atom. The van der Waals surface area contributed by atoms with Crippen LogP contribution in [-0.2, 0) is 13.2 Å². The van der Waals surface area contributed by atoms with Gasteiger partial charge in [-0.25, -0.2) is 4.39 Å². The topological polar surface area (TPSA) is 30.5 Å². The van der Waals surface area contributed by atoms with Gasteiger partial charge in [0.2, 0.25) is 0 Å². The average Bonchev–Trinajstić information content (AvgIpc) is 2.58. The lowest BCUT2D eigenvalue weighted by molar-refractivity contribution is 0.240. The van der Waals surface area contributed by atoms with Crippen LogP contribution in [0.2, 0.25) is 5.02 Å². The maximum Gasteiger partial charge on any atom is 0.180 e. The molecule has 2 aromatic rings. The largest absolute Gasteiger partial charge is 0.493 e. The number of hydrogen-bond donors (Lipinski definition) is 1. The Balaban J connectivity index is 2.11. The van der Waals surface area contributed by atoms with Crippen LogP contribution in [0.4, 0.5) is 4.39 Å². The zero-order valence-corrected chi connectivity index (χ0v) is 18.4. The quantitative estimate of drug-likeness (QED) is 0.551. The van der Waals surface area contributed by atoms with E-state index in [2.05, 4.69) is 39.9 Å². The molecule has 3 nitrogen and oxygen atoms in total.